The normalized spacial score (nSPS) is 23.1. The van der Waals surface area contributed by atoms with Crippen LogP contribution in [-0.4, -0.2) is 57.5 Å². The average Bonchev–Trinajstić information content (AvgIpc) is 3.74. The van der Waals surface area contributed by atoms with Crippen molar-refractivity contribution in [3.8, 4) is 33.6 Å². The fraction of sp³-hybridized carbons (Fsp3) is 0.231. The third-order valence-corrected chi connectivity index (χ3v) is 6.56. The number of aromatic nitrogens is 4. The van der Waals surface area contributed by atoms with E-state index in [0.29, 0.717) is 11.6 Å². The first-order chi connectivity index (χ1) is 18.5. The summed E-state index contributed by atoms with van der Waals surface area (Å²) in [6.07, 6.45) is 0.314. The number of aromatic amines is 2. The molecule has 38 heavy (non-hydrogen) atoms. The van der Waals surface area contributed by atoms with Crippen LogP contribution in [0.15, 0.2) is 60.9 Å². The van der Waals surface area contributed by atoms with E-state index in [4.69, 9.17) is 30.4 Å². The van der Waals surface area contributed by atoms with Gasteiger partial charge in [-0.3, -0.25) is 9.59 Å². The Morgan fingerprint density at radius 2 is 1.00 bits per heavy atom. The second-order valence-corrected chi connectivity index (χ2v) is 8.91. The molecule has 2 aromatic carbocycles. The summed E-state index contributed by atoms with van der Waals surface area (Å²) in [5, 5.41) is 0. The van der Waals surface area contributed by atoms with Crippen LogP contribution >= 0.6 is 0 Å². The van der Waals surface area contributed by atoms with Crippen molar-refractivity contribution < 1.29 is 28.5 Å². The van der Waals surface area contributed by atoms with Gasteiger partial charge < -0.3 is 40.4 Å². The van der Waals surface area contributed by atoms with Crippen LogP contribution in [-0.2, 0) is 28.5 Å². The molecule has 0 spiro atoms. The summed E-state index contributed by atoms with van der Waals surface area (Å²) in [5.74, 6) is -0.217. The van der Waals surface area contributed by atoms with Gasteiger partial charge in [0.25, 0.3) is 0 Å². The number of nitrogens with two attached hydrogens (primary N) is 2. The highest BCUT2D eigenvalue weighted by molar-refractivity contribution is 5.80. The number of hydrogen-bond donors (Lipinski definition) is 4. The summed E-state index contributed by atoms with van der Waals surface area (Å²) in [6.45, 7) is -0.0219. The average molecular weight is 517 g/mol. The Labute approximate surface area is 216 Å². The van der Waals surface area contributed by atoms with Gasteiger partial charge in [-0.05, 0) is 22.3 Å². The van der Waals surface area contributed by atoms with Gasteiger partial charge in [-0.2, -0.15) is 0 Å². The van der Waals surface area contributed by atoms with E-state index in [2.05, 4.69) is 19.9 Å². The molecule has 2 fully saturated rings. The fourth-order valence-corrected chi connectivity index (χ4v) is 4.57. The molecule has 2 amide bonds. The highest BCUT2D eigenvalue weighted by Crippen LogP contribution is 2.31. The van der Waals surface area contributed by atoms with Gasteiger partial charge in [0.1, 0.15) is 25.2 Å². The largest absolute Gasteiger partial charge is 0.367 e. The highest BCUT2D eigenvalue weighted by atomic mass is 16.7. The molecular weight excluding hydrogens is 492 g/mol. The molecule has 4 atom stereocenters. The lowest BCUT2D eigenvalue weighted by Gasteiger charge is -2.11. The summed E-state index contributed by atoms with van der Waals surface area (Å²) in [7, 11) is 0. The van der Waals surface area contributed by atoms with Crippen LogP contribution in [0.2, 0.25) is 0 Å². The molecule has 194 valence electrons. The van der Waals surface area contributed by atoms with E-state index >= 15 is 0 Å². The van der Waals surface area contributed by atoms with Gasteiger partial charge in [0.05, 0.1) is 23.8 Å². The smallest absolute Gasteiger partial charge is 0.249 e. The molecule has 2 saturated heterocycles. The van der Waals surface area contributed by atoms with Crippen LogP contribution in [0.25, 0.3) is 33.6 Å². The van der Waals surface area contributed by atoms with E-state index in [1.807, 2.05) is 48.5 Å². The number of imidazole rings is 2. The van der Waals surface area contributed by atoms with Crippen LogP contribution in [0, 0.1) is 0 Å². The zero-order chi connectivity index (χ0) is 26.2. The molecular formula is C26H24N6O6. The molecule has 0 radical (unpaired) electrons. The van der Waals surface area contributed by atoms with Gasteiger partial charge in [-0.1, -0.05) is 48.5 Å². The molecule has 0 aliphatic carbocycles. The number of carbonyl (C=O) groups is 2. The molecule has 2 aromatic heterocycles. The zero-order valence-corrected chi connectivity index (χ0v) is 20.0. The van der Waals surface area contributed by atoms with Gasteiger partial charge in [-0.25, -0.2) is 9.97 Å². The Balaban J connectivity index is 1.15. The van der Waals surface area contributed by atoms with Gasteiger partial charge in [0, 0.05) is 0 Å². The van der Waals surface area contributed by atoms with E-state index in [-0.39, 0.29) is 13.6 Å². The first kappa shape index (κ1) is 24.0. The minimum absolute atomic E-state index is 0.0109. The second kappa shape index (κ2) is 9.84. The molecule has 6 N–H and O–H groups in total. The SMILES string of the molecule is NC(=O)[C@@H]1OCO[C@H]1c1ncc(-c2ccc(-c3ccc(-c4cnc([C@@H]5OCO[C@H]5C(N)=O)[nH]4)cc3)cc2)[nH]1. The van der Waals surface area contributed by atoms with Crippen molar-refractivity contribution in [1.29, 1.82) is 0 Å². The van der Waals surface area contributed by atoms with Crippen LogP contribution < -0.4 is 11.5 Å². The van der Waals surface area contributed by atoms with Crippen LogP contribution in [0.4, 0.5) is 0 Å². The number of rotatable bonds is 7. The maximum atomic E-state index is 11.6. The third-order valence-electron chi connectivity index (χ3n) is 6.56. The van der Waals surface area contributed by atoms with Crippen molar-refractivity contribution in [2.75, 3.05) is 13.6 Å². The lowest BCUT2D eigenvalue weighted by molar-refractivity contribution is -0.128. The predicted molar refractivity (Wildman–Crippen MR) is 133 cm³/mol. The Morgan fingerprint density at radius 1 is 0.632 bits per heavy atom. The zero-order valence-electron chi connectivity index (χ0n) is 20.0. The number of carbonyl (C=O) groups excluding carboxylic acids is 2. The predicted octanol–water partition coefficient (Wildman–Crippen LogP) is 1.93. The number of H-pyrrole nitrogens is 2. The van der Waals surface area contributed by atoms with Gasteiger partial charge in [0.15, 0.2) is 24.4 Å². The standard InChI is InChI=1S/C26H24N6O6/c27-23(33)19-21(37-11-35-19)25-29-9-17(31-25)15-5-1-13(2-6-15)14-3-7-16(8-4-14)18-10-30-26(32-18)22-20(24(28)34)36-12-38-22/h1-10,19-22H,11-12H2,(H2,27,33)(H2,28,34)(H,29,31)(H,30,32)/t19-,20-,21-,22-/m1/s1. The van der Waals surface area contributed by atoms with Crippen LogP contribution in [0.3, 0.4) is 0 Å². The maximum Gasteiger partial charge on any atom is 0.249 e. The first-order valence-corrected chi connectivity index (χ1v) is 11.8. The molecule has 12 nitrogen and oxygen atoms in total. The summed E-state index contributed by atoms with van der Waals surface area (Å²) in [5.41, 5.74) is 16.3. The van der Waals surface area contributed by atoms with Crippen molar-refractivity contribution in [3.05, 3.63) is 72.6 Å². The molecule has 6 rings (SSSR count). The number of nitrogens with one attached hydrogen (secondary N) is 2. The summed E-state index contributed by atoms with van der Waals surface area (Å²) in [4.78, 5) is 38.2. The number of amides is 2. The molecule has 2 aliphatic heterocycles. The van der Waals surface area contributed by atoms with E-state index in [1.54, 1.807) is 12.4 Å². The van der Waals surface area contributed by atoms with E-state index in [1.165, 1.54) is 0 Å². The monoisotopic (exact) mass is 516 g/mol. The molecule has 0 unspecified atom stereocenters. The lowest BCUT2D eigenvalue weighted by atomic mass is 10.0. The summed E-state index contributed by atoms with van der Waals surface area (Å²) in [6, 6.07) is 16.0. The summed E-state index contributed by atoms with van der Waals surface area (Å²) < 4.78 is 21.4. The van der Waals surface area contributed by atoms with Gasteiger partial charge >= 0.3 is 0 Å². The van der Waals surface area contributed by atoms with Crippen molar-refractivity contribution in [2.45, 2.75) is 24.4 Å². The maximum absolute atomic E-state index is 11.6. The highest BCUT2D eigenvalue weighted by Gasteiger charge is 2.38. The third kappa shape index (κ3) is 4.46. The fourth-order valence-electron chi connectivity index (χ4n) is 4.57. The van der Waals surface area contributed by atoms with Crippen molar-refractivity contribution >= 4 is 11.8 Å². The Bertz CT molecular complexity index is 1350. The van der Waals surface area contributed by atoms with Crippen molar-refractivity contribution in [3.63, 3.8) is 0 Å². The Morgan fingerprint density at radius 3 is 1.37 bits per heavy atom. The second-order valence-electron chi connectivity index (χ2n) is 8.91. The molecule has 12 heteroatoms. The Kier molecular flexibility index (Phi) is 6.21. The van der Waals surface area contributed by atoms with Crippen LogP contribution in [0.5, 0.6) is 0 Å². The van der Waals surface area contributed by atoms with Gasteiger partial charge in [-0.15, -0.1) is 0 Å². The number of nitrogens with zero attached hydrogens (tertiary/aromatic N) is 2. The van der Waals surface area contributed by atoms with Crippen molar-refractivity contribution in [2.24, 2.45) is 11.5 Å². The number of benzene rings is 2. The topological polar surface area (TPSA) is 180 Å². The van der Waals surface area contributed by atoms with Crippen molar-refractivity contribution in [1.82, 2.24) is 19.9 Å². The molecule has 4 aromatic rings. The Hall–Kier alpha value is -4.36. The minimum atomic E-state index is -0.871. The lowest BCUT2D eigenvalue weighted by Crippen LogP contribution is -2.32. The van der Waals surface area contributed by atoms with E-state index in [0.717, 1.165) is 33.6 Å². The molecule has 4 heterocycles. The van der Waals surface area contributed by atoms with Gasteiger partial charge in [0.2, 0.25) is 11.8 Å². The van der Waals surface area contributed by atoms with E-state index in [9.17, 15) is 9.59 Å². The quantitative estimate of drug-likeness (QED) is 0.287. The van der Waals surface area contributed by atoms with E-state index < -0.39 is 36.2 Å². The first-order valence-electron chi connectivity index (χ1n) is 11.8. The number of hydrogen-bond acceptors (Lipinski definition) is 8. The number of ether oxygens (including phenoxy) is 4. The molecule has 2 aliphatic rings. The summed E-state index contributed by atoms with van der Waals surface area (Å²) >= 11 is 0. The molecule has 0 bridgehead atoms. The number of primary amides is 2. The van der Waals surface area contributed by atoms with Crippen LogP contribution in [0.1, 0.15) is 23.9 Å². The minimum Gasteiger partial charge on any atom is -0.367 e. The molecule has 0 saturated carbocycles.